The third kappa shape index (κ3) is 6.09. The van der Waals surface area contributed by atoms with Crippen molar-refractivity contribution in [1.82, 2.24) is 5.32 Å². The largest absolute Gasteiger partial charge is 0.459 e. The first-order valence-corrected chi connectivity index (χ1v) is 15.4. The summed E-state index contributed by atoms with van der Waals surface area (Å²) in [7, 11) is 0. The highest BCUT2D eigenvalue weighted by atomic mass is 16.7. The Kier molecular flexibility index (Phi) is 9.06. The number of allylic oxidation sites excluding steroid dienone is 1. The Hall–Kier alpha value is -2.71. The molecule has 7 heteroatoms. The second-order valence-electron chi connectivity index (χ2n) is 11.9. The van der Waals surface area contributed by atoms with Crippen molar-refractivity contribution in [3.63, 3.8) is 0 Å². The zero-order chi connectivity index (χ0) is 28.2. The van der Waals surface area contributed by atoms with Crippen molar-refractivity contribution in [3.05, 3.63) is 71.0 Å². The average Bonchev–Trinajstić information content (AvgIpc) is 3.71. The van der Waals surface area contributed by atoms with Crippen LogP contribution in [0.2, 0.25) is 0 Å². The molecule has 2 bridgehead atoms. The normalized spacial score (nSPS) is 27.7. The maximum Gasteiger partial charge on any atom is 0.286 e. The second-order valence-corrected chi connectivity index (χ2v) is 11.9. The first-order valence-electron chi connectivity index (χ1n) is 15.4. The highest BCUT2D eigenvalue weighted by molar-refractivity contribution is 5.92. The number of hydrogen-bond acceptors (Lipinski definition) is 6. The molecule has 4 aliphatic rings. The monoisotopic (exact) mass is 561 g/mol. The first-order chi connectivity index (χ1) is 20.2. The van der Waals surface area contributed by atoms with Gasteiger partial charge in [0, 0.05) is 31.1 Å². The quantitative estimate of drug-likeness (QED) is 0.287. The van der Waals surface area contributed by atoms with Crippen molar-refractivity contribution in [1.29, 1.82) is 0 Å². The molecule has 41 heavy (non-hydrogen) atoms. The molecule has 0 saturated heterocycles. The lowest BCUT2D eigenvalue weighted by Gasteiger charge is -2.38. The molecule has 6 unspecified atom stereocenters. The molecule has 2 N–H and O–H groups in total. The number of amides is 1. The van der Waals surface area contributed by atoms with Gasteiger partial charge in [-0.1, -0.05) is 48.9 Å². The molecule has 0 radical (unpaired) electrons. The summed E-state index contributed by atoms with van der Waals surface area (Å²) in [4.78, 5) is 13.6. The molecule has 3 aliphatic carbocycles. The second kappa shape index (κ2) is 13.1. The van der Waals surface area contributed by atoms with Gasteiger partial charge in [-0.15, -0.1) is 0 Å². The van der Waals surface area contributed by atoms with E-state index in [1.54, 1.807) is 0 Å². The predicted molar refractivity (Wildman–Crippen MR) is 156 cm³/mol. The third-order valence-electron chi connectivity index (χ3n) is 9.44. The lowest BCUT2D eigenvalue weighted by atomic mass is 9.78. The van der Waals surface area contributed by atoms with E-state index >= 15 is 0 Å². The van der Waals surface area contributed by atoms with Gasteiger partial charge in [-0.05, 0) is 84.8 Å². The molecular weight excluding hydrogens is 518 g/mol. The number of aliphatic hydroxyl groups is 1. The van der Waals surface area contributed by atoms with Crippen LogP contribution >= 0.6 is 0 Å². The molecule has 7 nitrogen and oxygen atoms in total. The summed E-state index contributed by atoms with van der Waals surface area (Å²) in [5.41, 5.74) is 6.45. The van der Waals surface area contributed by atoms with Gasteiger partial charge < -0.3 is 29.4 Å². The molecule has 220 valence electrons. The number of nitrogens with one attached hydrogen (secondary N) is 1. The Morgan fingerprint density at radius 2 is 1.83 bits per heavy atom. The minimum atomic E-state index is -0.551. The summed E-state index contributed by atoms with van der Waals surface area (Å²) in [5.74, 6) is 1.51. The van der Waals surface area contributed by atoms with Crippen LogP contribution in [0, 0.1) is 17.8 Å². The summed E-state index contributed by atoms with van der Waals surface area (Å²) in [6.45, 7) is 4.20. The molecule has 0 spiro atoms. The van der Waals surface area contributed by atoms with Gasteiger partial charge in [0.1, 0.15) is 0 Å². The van der Waals surface area contributed by atoms with Gasteiger partial charge in [0.05, 0.1) is 26.4 Å². The first kappa shape index (κ1) is 28.4. The lowest BCUT2D eigenvalue weighted by molar-refractivity contribution is -0.168. The van der Waals surface area contributed by atoms with E-state index in [4.69, 9.17) is 24.1 Å². The minimum absolute atomic E-state index is 0.00657. The summed E-state index contributed by atoms with van der Waals surface area (Å²) in [5, 5.41) is 12.2. The fourth-order valence-corrected chi connectivity index (χ4v) is 7.56. The predicted octanol–water partition coefficient (Wildman–Crippen LogP) is 4.95. The number of carbonyl (C=O) groups excluding carboxylic acids is 1. The van der Waals surface area contributed by atoms with Crippen LogP contribution in [-0.4, -0.2) is 63.0 Å². The number of ether oxygens (including phenoxy) is 4. The van der Waals surface area contributed by atoms with Crippen molar-refractivity contribution in [3.8, 4) is 11.1 Å². The maximum absolute atomic E-state index is 13.6. The van der Waals surface area contributed by atoms with Crippen LogP contribution in [0.4, 0.5) is 0 Å². The van der Waals surface area contributed by atoms with Gasteiger partial charge in [-0.3, -0.25) is 4.79 Å². The van der Waals surface area contributed by atoms with Gasteiger partial charge in [-0.2, -0.15) is 0 Å². The Labute approximate surface area is 243 Å². The van der Waals surface area contributed by atoms with E-state index in [1.807, 2.05) is 13.0 Å². The molecule has 2 saturated carbocycles. The number of rotatable bonds is 13. The summed E-state index contributed by atoms with van der Waals surface area (Å²) >= 11 is 0. The highest BCUT2D eigenvalue weighted by Gasteiger charge is 2.43. The van der Waals surface area contributed by atoms with Gasteiger partial charge in [-0.25, -0.2) is 0 Å². The molecule has 6 atom stereocenters. The zero-order valence-electron chi connectivity index (χ0n) is 24.1. The standard InChI is InChI=1S/C34H43NO6/c1-2-40-34-28(12-14-38-16-17-39-15-13-36)30(21-32(41-34)33(37)35-31-19-22-10-11-24(31)18-22)27-9-5-8-26-25-7-4-3-6-23(25)20-29(26)27/h3-9,21-22,24,28,30-31,34,36H,2,10-20H2,1H3,(H,35,37). The number of fused-ring (bicyclic) bond motifs is 5. The molecule has 2 aromatic rings. The lowest BCUT2D eigenvalue weighted by Crippen LogP contribution is -2.43. The number of benzene rings is 2. The van der Waals surface area contributed by atoms with Crippen molar-refractivity contribution in [2.45, 2.75) is 63.7 Å². The van der Waals surface area contributed by atoms with Crippen LogP contribution in [0.5, 0.6) is 0 Å². The topological polar surface area (TPSA) is 86.3 Å². The molecule has 1 aliphatic heterocycles. The Balaban J connectivity index is 1.27. The smallest absolute Gasteiger partial charge is 0.286 e. The van der Waals surface area contributed by atoms with Crippen molar-refractivity contribution >= 4 is 5.91 Å². The van der Waals surface area contributed by atoms with E-state index in [-0.39, 0.29) is 30.4 Å². The van der Waals surface area contributed by atoms with E-state index in [2.05, 4.69) is 47.8 Å². The van der Waals surface area contributed by atoms with Crippen LogP contribution in [0.1, 0.15) is 61.6 Å². The van der Waals surface area contributed by atoms with Crippen molar-refractivity contribution in [2.24, 2.45) is 17.8 Å². The Morgan fingerprint density at radius 3 is 2.61 bits per heavy atom. The van der Waals surface area contributed by atoms with Crippen molar-refractivity contribution < 1.29 is 28.8 Å². The van der Waals surface area contributed by atoms with Crippen molar-refractivity contribution in [2.75, 3.05) is 39.6 Å². The van der Waals surface area contributed by atoms with Gasteiger partial charge in [0.2, 0.25) is 6.29 Å². The molecular formula is C34H43NO6. The molecule has 1 heterocycles. The molecule has 1 amide bonds. The van der Waals surface area contributed by atoms with Crippen LogP contribution < -0.4 is 5.32 Å². The van der Waals surface area contributed by atoms with Gasteiger partial charge in [0.25, 0.3) is 5.91 Å². The summed E-state index contributed by atoms with van der Waals surface area (Å²) in [6, 6.07) is 15.4. The molecule has 6 rings (SSSR count). The van der Waals surface area contributed by atoms with Crippen LogP contribution in [-0.2, 0) is 30.2 Å². The fraction of sp³-hybridized carbons (Fsp3) is 0.559. The average molecular weight is 562 g/mol. The van der Waals surface area contributed by atoms with Gasteiger partial charge >= 0.3 is 0 Å². The van der Waals surface area contributed by atoms with Gasteiger partial charge in [0.15, 0.2) is 5.76 Å². The van der Waals surface area contributed by atoms with E-state index in [0.717, 1.165) is 18.8 Å². The van der Waals surface area contributed by atoms with E-state index in [1.165, 1.54) is 47.1 Å². The van der Waals surface area contributed by atoms with Crippen LogP contribution in [0.25, 0.3) is 11.1 Å². The molecule has 2 aromatic carbocycles. The summed E-state index contributed by atoms with van der Waals surface area (Å²) < 4.78 is 23.8. The SMILES string of the molecule is CCOC1OC(C(=O)NC2CC3CCC2C3)=CC(c2cccc3c2Cc2ccccc2-3)C1CCOCCOCCO. The molecule has 0 aromatic heterocycles. The Morgan fingerprint density at radius 1 is 1.00 bits per heavy atom. The number of aliphatic hydroxyl groups excluding tert-OH is 1. The number of hydrogen-bond donors (Lipinski definition) is 2. The zero-order valence-corrected chi connectivity index (χ0v) is 24.1. The highest BCUT2D eigenvalue weighted by Crippen LogP contribution is 2.47. The number of carbonyl (C=O) groups is 1. The third-order valence-corrected chi connectivity index (χ3v) is 9.44. The van der Waals surface area contributed by atoms with Crippen LogP contribution in [0.3, 0.4) is 0 Å². The Bertz CT molecular complexity index is 1240. The van der Waals surface area contributed by atoms with Crippen LogP contribution in [0.15, 0.2) is 54.3 Å². The maximum atomic E-state index is 13.6. The summed E-state index contributed by atoms with van der Waals surface area (Å²) in [6.07, 6.45) is 7.91. The minimum Gasteiger partial charge on any atom is -0.459 e. The van der Waals surface area contributed by atoms with E-state index < -0.39 is 6.29 Å². The van der Waals surface area contributed by atoms with E-state index in [0.29, 0.717) is 51.1 Å². The fourth-order valence-electron chi connectivity index (χ4n) is 7.56. The molecule has 2 fully saturated rings. The van der Waals surface area contributed by atoms with E-state index in [9.17, 15) is 4.79 Å².